The number of esters is 1. The van der Waals surface area contributed by atoms with Crippen LogP contribution in [-0.4, -0.2) is 31.1 Å². The zero-order valence-corrected chi connectivity index (χ0v) is 9.25. The lowest BCUT2D eigenvalue weighted by Gasteiger charge is -2.36. The molecule has 3 nitrogen and oxygen atoms in total. The van der Waals surface area contributed by atoms with E-state index in [0.717, 1.165) is 13.1 Å². The normalized spacial score (nSPS) is 21.2. The van der Waals surface area contributed by atoms with Gasteiger partial charge in [-0.25, -0.2) is 4.79 Å². The molecule has 0 atom stereocenters. The summed E-state index contributed by atoms with van der Waals surface area (Å²) in [5, 5.41) is 0. The molecule has 0 radical (unpaired) electrons. The number of nitrogens with zero attached hydrogens (tertiary/aromatic N) is 1. The van der Waals surface area contributed by atoms with Crippen LogP contribution in [0, 0.1) is 5.41 Å². The molecular formula is C11H19NO2. The molecule has 14 heavy (non-hydrogen) atoms. The molecule has 1 fully saturated rings. The third kappa shape index (κ3) is 3.40. The fourth-order valence-corrected chi connectivity index (χ4v) is 1.51. The lowest BCUT2D eigenvalue weighted by molar-refractivity contribution is -0.134. The van der Waals surface area contributed by atoms with E-state index in [4.69, 9.17) is 0 Å². The monoisotopic (exact) mass is 197 g/mol. The molecule has 0 bridgehead atoms. The fraction of sp³-hybridized carbons (Fsp3) is 0.727. The molecule has 0 saturated carbocycles. The van der Waals surface area contributed by atoms with Crippen molar-refractivity contribution in [3.8, 4) is 0 Å². The summed E-state index contributed by atoms with van der Waals surface area (Å²) in [4.78, 5) is 13.0. The maximum atomic E-state index is 10.8. The molecule has 1 rings (SSSR count). The number of hydrogen-bond donors (Lipinski definition) is 0. The molecule has 1 aliphatic heterocycles. The Kier molecular flexibility index (Phi) is 3.55. The molecule has 0 spiro atoms. The summed E-state index contributed by atoms with van der Waals surface area (Å²) in [6, 6.07) is 0. The second-order valence-electron chi connectivity index (χ2n) is 4.54. The Hall–Kier alpha value is -0.990. The van der Waals surface area contributed by atoms with Crippen molar-refractivity contribution in [3.63, 3.8) is 0 Å². The highest BCUT2D eigenvalue weighted by Gasteiger charge is 2.23. The highest BCUT2D eigenvalue weighted by Crippen LogP contribution is 2.29. The van der Waals surface area contributed by atoms with E-state index in [1.165, 1.54) is 26.0 Å². The molecule has 1 heterocycles. The van der Waals surface area contributed by atoms with E-state index in [0.29, 0.717) is 5.41 Å². The van der Waals surface area contributed by atoms with Crippen LogP contribution in [0.2, 0.25) is 0 Å². The number of methoxy groups -OCH3 is 1. The first-order chi connectivity index (χ1) is 6.53. The molecule has 0 aromatic heterocycles. The maximum absolute atomic E-state index is 10.8. The quantitative estimate of drug-likeness (QED) is 0.499. The number of ether oxygens (including phenoxy) is 1. The number of carbonyl (C=O) groups excluding carboxylic acids is 1. The first-order valence-electron chi connectivity index (χ1n) is 5.04. The maximum Gasteiger partial charge on any atom is 0.331 e. The van der Waals surface area contributed by atoms with E-state index >= 15 is 0 Å². The van der Waals surface area contributed by atoms with E-state index in [2.05, 4.69) is 23.5 Å². The largest absolute Gasteiger partial charge is 0.466 e. The van der Waals surface area contributed by atoms with E-state index in [1.807, 2.05) is 6.20 Å². The lowest BCUT2D eigenvalue weighted by Crippen LogP contribution is -2.33. The number of likely N-dealkylation sites (tertiary alicyclic amines) is 1. The zero-order chi connectivity index (χ0) is 10.6. The number of carbonyl (C=O) groups is 1. The molecule has 0 amide bonds. The molecule has 1 aliphatic rings. The molecule has 1 saturated heterocycles. The third-order valence-corrected chi connectivity index (χ3v) is 2.77. The van der Waals surface area contributed by atoms with Gasteiger partial charge in [0.1, 0.15) is 0 Å². The lowest BCUT2D eigenvalue weighted by atomic mass is 9.83. The third-order valence-electron chi connectivity index (χ3n) is 2.77. The Bertz CT molecular complexity index is 223. The summed E-state index contributed by atoms with van der Waals surface area (Å²) in [5.74, 6) is -0.283. The minimum absolute atomic E-state index is 0.283. The van der Waals surface area contributed by atoms with Crippen LogP contribution in [0.1, 0.15) is 26.7 Å². The molecule has 0 aromatic carbocycles. The average Bonchev–Trinajstić information content (AvgIpc) is 2.16. The molecule has 0 aliphatic carbocycles. The highest BCUT2D eigenvalue weighted by molar-refractivity contribution is 5.81. The first kappa shape index (κ1) is 11.1. The number of rotatable bonds is 2. The highest BCUT2D eigenvalue weighted by atomic mass is 16.5. The Balaban J connectivity index is 2.36. The Labute approximate surface area is 85.7 Å². The topological polar surface area (TPSA) is 29.5 Å². The van der Waals surface area contributed by atoms with Gasteiger partial charge in [-0.1, -0.05) is 13.8 Å². The number of hydrogen-bond acceptors (Lipinski definition) is 3. The van der Waals surface area contributed by atoms with Crippen LogP contribution in [0.25, 0.3) is 0 Å². The van der Waals surface area contributed by atoms with Gasteiger partial charge in [0.05, 0.1) is 7.11 Å². The second-order valence-corrected chi connectivity index (χ2v) is 4.54. The van der Waals surface area contributed by atoms with Crippen molar-refractivity contribution in [3.05, 3.63) is 12.3 Å². The standard InChI is InChI=1S/C11H19NO2/c1-11(2)5-8-12(9-6-11)7-4-10(13)14-3/h4,7H,5-6,8-9H2,1-3H3. The fourth-order valence-electron chi connectivity index (χ4n) is 1.51. The van der Waals surface area contributed by atoms with Gasteiger partial charge in [0.2, 0.25) is 0 Å². The van der Waals surface area contributed by atoms with Gasteiger partial charge in [0, 0.05) is 25.4 Å². The van der Waals surface area contributed by atoms with Gasteiger partial charge < -0.3 is 9.64 Å². The minimum atomic E-state index is -0.283. The van der Waals surface area contributed by atoms with E-state index in [1.54, 1.807) is 0 Å². The Morgan fingerprint density at radius 3 is 2.43 bits per heavy atom. The Morgan fingerprint density at radius 1 is 1.36 bits per heavy atom. The van der Waals surface area contributed by atoms with Gasteiger partial charge in [-0.3, -0.25) is 0 Å². The van der Waals surface area contributed by atoms with Crippen molar-refractivity contribution in [2.75, 3.05) is 20.2 Å². The number of piperidine rings is 1. The van der Waals surface area contributed by atoms with Crippen molar-refractivity contribution in [2.24, 2.45) is 5.41 Å². The smallest absolute Gasteiger partial charge is 0.331 e. The SMILES string of the molecule is COC(=O)C=CN1CCC(C)(C)CC1. The summed E-state index contributed by atoms with van der Waals surface area (Å²) < 4.78 is 4.53. The van der Waals surface area contributed by atoms with Gasteiger partial charge in [-0.15, -0.1) is 0 Å². The van der Waals surface area contributed by atoms with Crippen molar-refractivity contribution >= 4 is 5.97 Å². The molecule has 3 heteroatoms. The summed E-state index contributed by atoms with van der Waals surface area (Å²) in [5.41, 5.74) is 0.454. The van der Waals surface area contributed by atoms with Crippen LogP contribution in [-0.2, 0) is 9.53 Å². The van der Waals surface area contributed by atoms with Gasteiger partial charge >= 0.3 is 5.97 Å². The van der Waals surface area contributed by atoms with E-state index in [-0.39, 0.29) is 5.97 Å². The van der Waals surface area contributed by atoms with E-state index in [9.17, 15) is 4.79 Å². The molecule has 0 unspecified atom stereocenters. The van der Waals surface area contributed by atoms with Crippen molar-refractivity contribution in [1.82, 2.24) is 4.90 Å². The summed E-state index contributed by atoms with van der Waals surface area (Å²) in [6.45, 7) is 6.63. The van der Waals surface area contributed by atoms with Gasteiger partial charge in [-0.2, -0.15) is 0 Å². The minimum Gasteiger partial charge on any atom is -0.466 e. The Morgan fingerprint density at radius 2 is 1.93 bits per heavy atom. The second kappa shape index (κ2) is 4.49. The van der Waals surface area contributed by atoms with Crippen LogP contribution in [0.5, 0.6) is 0 Å². The van der Waals surface area contributed by atoms with Crippen LogP contribution in [0.15, 0.2) is 12.3 Å². The first-order valence-corrected chi connectivity index (χ1v) is 5.04. The molecular weight excluding hydrogens is 178 g/mol. The molecule has 0 aromatic rings. The van der Waals surface area contributed by atoms with E-state index < -0.39 is 0 Å². The summed E-state index contributed by atoms with van der Waals surface area (Å²) in [7, 11) is 1.39. The van der Waals surface area contributed by atoms with Crippen LogP contribution >= 0.6 is 0 Å². The molecule has 80 valence electrons. The predicted molar refractivity (Wildman–Crippen MR) is 55.7 cm³/mol. The van der Waals surface area contributed by atoms with Crippen LogP contribution < -0.4 is 0 Å². The summed E-state index contributed by atoms with van der Waals surface area (Å²) in [6.07, 6.45) is 5.68. The zero-order valence-electron chi connectivity index (χ0n) is 9.25. The van der Waals surface area contributed by atoms with Gasteiger partial charge in [0.15, 0.2) is 0 Å². The van der Waals surface area contributed by atoms with Gasteiger partial charge in [0.25, 0.3) is 0 Å². The van der Waals surface area contributed by atoms with Gasteiger partial charge in [-0.05, 0) is 18.3 Å². The van der Waals surface area contributed by atoms with Crippen molar-refractivity contribution < 1.29 is 9.53 Å². The van der Waals surface area contributed by atoms with Crippen molar-refractivity contribution in [2.45, 2.75) is 26.7 Å². The average molecular weight is 197 g/mol. The predicted octanol–water partition coefficient (Wildman–Crippen LogP) is 1.80. The van der Waals surface area contributed by atoms with Crippen LogP contribution in [0.3, 0.4) is 0 Å². The van der Waals surface area contributed by atoms with Crippen LogP contribution in [0.4, 0.5) is 0 Å². The summed E-state index contributed by atoms with van der Waals surface area (Å²) >= 11 is 0. The van der Waals surface area contributed by atoms with Crippen molar-refractivity contribution in [1.29, 1.82) is 0 Å². The molecule has 0 N–H and O–H groups in total.